The summed E-state index contributed by atoms with van der Waals surface area (Å²) in [7, 11) is 0. The number of halogens is 1. The molecular weight excluding hydrogens is 283 g/mol. The van der Waals surface area contributed by atoms with Gasteiger partial charge in [-0.2, -0.15) is 0 Å². The summed E-state index contributed by atoms with van der Waals surface area (Å²) in [6, 6.07) is 3.13. The monoisotopic (exact) mass is 294 g/mol. The predicted octanol–water partition coefficient (Wildman–Crippen LogP) is 1.03. The lowest BCUT2D eigenvalue weighted by Gasteiger charge is -2.05. The summed E-state index contributed by atoms with van der Waals surface area (Å²) >= 11 is 2.15. The minimum atomic E-state index is -0.938. The van der Waals surface area contributed by atoms with E-state index < -0.39 is 12.0 Å². The molecule has 1 aromatic heterocycles. The molecule has 0 radical (unpaired) electrons. The van der Waals surface area contributed by atoms with Gasteiger partial charge in [0.25, 0.3) is 0 Å². The Kier molecular flexibility index (Phi) is 3.73. The van der Waals surface area contributed by atoms with Crippen molar-refractivity contribution in [2.24, 2.45) is 5.73 Å². The third kappa shape index (κ3) is 3.00. The van der Waals surface area contributed by atoms with Crippen molar-refractivity contribution in [1.29, 1.82) is 0 Å². The Balaban J connectivity index is 2.44. The normalized spacial score (nSPS) is 12.8. The van der Waals surface area contributed by atoms with Crippen molar-refractivity contribution in [1.82, 2.24) is 2.78 Å². The third-order valence-corrected chi connectivity index (χ3v) is 2.75. The van der Waals surface area contributed by atoms with Crippen molar-refractivity contribution in [3.63, 3.8) is 0 Å². The fraction of sp³-hybridized carbons (Fsp3) is 0.375. The Morgan fingerprint density at radius 2 is 2.46 bits per heavy atom. The number of nitrogens with two attached hydrogens (primary N) is 1. The van der Waals surface area contributed by atoms with Gasteiger partial charge >= 0.3 is 5.97 Å². The van der Waals surface area contributed by atoms with Crippen molar-refractivity contribution in [2.75, 3.05) is 0 Å². The van der Waals surface area contributed by atoms with E-state index in [-0.39, 0.29) is 0 Å². The second kappa shape index (κ2) is 4.61. The molecule has 0 amide bonds. The van der Waals surface area contributed by atoms with Gasteiger partial charge in [0.1, 0.15) is 6.04 Å². The minimum Gasteiger partial charge on any atom is -0.480 e. The molecule has 3 N–H and O–H groups in total. The van der Waals surface area contributed by atoms with Crippen LogP contribution in [0.1, 0.15) is 12.1 Å². The van der Waals surface area contributed by atoms with Crippen molar-refractivity contribution in [3.05, 3.63) is 24.0 Å². The van der Waals surface area contributed by atoms with Crippen molar-refractivity contribution in [2.45, 2.75) is 18.9 Å². The fourth-order valence-electron chi connectivity index (χ4n) is 1.01. The molecule has 0 spiro atoms. The van der Waals surface area contributed by atoms with Crippen LogP contribution in [0.2, 0.25) is 0 Å². The number of carboxylic acid groups (broad SMARTS) is 1. The Bertz CT molecular complexity index is 298. The number of aliphatic carboxylic acids is 1. The fourth-order valence-corrected chi connectivity index (χ4v) is 1.60. The zero-order valence-corrected chi connectivity index (χ0v) is 9.14. The number of aryl methyl sites for hydroxylation is 1. The van der Waals surface area contributed by atoms with E-state index in [0.29, 0.717) is 12.8 Å². The maximum Gasteiger partial charge on any atom is 0.320 e. The molecule has 1 heterocycles. The lowest BCUT2D eigenvalue weighted by atomic mass is 10.1. The van der Waals surface area contributed by atoms with Gasteiger partial charge in [0, 0.05) is 11.9 Å². The average molecular weight is 294 g/mol. The molecule has 0 saturated heterocycles. The van der Waals surface area contributed by atoms with E-state index in [9.17, 15) is 4.79 Å². The second-order valence-electron chi connectivity index (χ2n) is 2.79. The number of carbonyl (C=O) groups is 1. The largest absolute Gasteiger partial charge is 0.480 e. The Labute approximate surface area is 90.2 Å². The molecule has 0 bridgehead atoms. The number of carboxylic acids is 1. The topological polar surface area (TPSA) is 68.2 Å². The molecule has 0 aliphatic carbocycles. The van der Waals surface area contributed by atoms with Gasteiger partial charge in [-0.15, -0.1) is 0 Å². The maximum absolute atomic E-state index is 10.4. The SMILES string of the molecule is NC(CCc1cccn1I)C(=O)O. The summed E-state index contributed by atoms with van der Waals surface area (Å²) in [6.07, 6.45) is 3.09. The van der Waals surface area contributed by atoms with Crippen LogP contribution in [-0.2, 0) is 11.2 Å². The van der Waals surface area contributed by atoms with Gasteiger partial charge in [0.15, 0.2) is 0 Å². The first-order valence-corrected chi connectivity index (χ1v) is 4.88. The van der Waals surface area contributed by atoms with E-state index >= 15 is 0 Å². The maximum atomic E-state index is 10.4. The van der Waals surface area contributed by atoms with E-state index in [2.05, 4.69) is 22.9 Å². The summed E-state index contributed by atoms with van der Waals surface area (Å²) in [5.41, 5.74) is 6.47. The number of hydrogen-bond donors (Lipinski definition) is 2. The van der Waals surface area contributed by atoms with E-state index in [4.69, 9.17) is 10.8 Å². The van der Waals surface area contributed by atoms with Gasteiger partial charge < -0.3 is 10.8 Å². The van der Waals surface area contributed by atoms with Crippen LogP contribution in [0.25, 0.3) is 0 Å². The standard InChI is InChI=1S/C8H11IN2O2/c9-11-5-1-2-6(11)3-4-7(10)8(12)13/h1-2,5,7H,3-4,10H2,(H,12,13). The molecule has 0 saturated carbocycles. The summed E-state index contributed by atoms with van der Waals surface area (Å²) in [4.78, 5) is 10.4. The van der Waals surface area contributed by atoms with Crippen molar-refractivity contribution >= 4 is 28.8 Å². The van der Waals surface area contributed by atoms with Crippen LogP contribution < -0.4 is 5.73 Å². The Morgan fingerprint density at radius 3 is 2.92 bits per heavy atom. The van der Waals surface area contributed by atoms with E-state index in [0.717, 1.165) is 5.69 Å². The van der Waals surface area contributed by atoms with E-state index in [1.807, 2.05) is 21.1 Å². The molecule has 0 fully saturated rings. The number of aromatic nitrogens is 1. The first-order valence-electron chi connectivity index (χ1n) is 3.92. The summed E-state index contributed by atoms with van der Waals surface area (Å²) in [5.74, 6) is -0.938. The second-order valence-corrected chi connectivity index (χ2v) is 3.83. The quantitative estimate of drug-likeness (QED) is 0.815. The molecular formula is C8H11IN2O2. The molecule has 72 valence electrons. The molecule has 5 heteroatoms. The summed E-state index contributed by atoms with van der Waals surface area (Å²) < 4.78 is 1.94. The Morgan fingerprint density at radius 1 is 1.77 bits per heavy atom. The van der Waals surface area contributed by atoms with Crippen LogP contribution in [0.4, 0.5) is 0 Å². The lowest BCUT2D eigenvalue weighted by Crippen LogP contribution is -2.30. The molecule has 0 aliphatic rings. The highest BCUT2D eigenvalue weighted by atomic mass is 127. The Hall–Kier alpha value is -0.560. The summed E-state index contributed by atoms with van der Waals surface area (Å²) in [5, 5.41) is 8.55. The van der Waals surface area contributed by atoms with Crippen molar-refractivity contribution in [3.8, 4) is 0 Å². The van der Waals surface area contributed by atoms with Gasteiger partial charge in [0.2, 0.25) is 0 Å². The summed E-state index contributed by atoms with van der Waals surface area (Å²) in [6.45, 7) is 0. The van der Waals surface area contributed by atoms with Gasteiger partial charge in [-0.05, 0) is 25.0 Å². The van der Waals surface area contributed by atoms with Gasteiger partial charge in [-0.1, -0.05) is 0 Å². The first kappa shape index (κ1) is 10.5. The highest BCUT2D eigenvalue weighted by molar-refractivity contribution is 14.1. The molecule has 1 rings (SSSR count). The zero-order chi connectivity index (χ0) is 9.84. The molecule has 1 aromatic rings. The average Bonchev–Trinajstić information content (AvgIpc) is 2.47. The molecule has 0 aromatic carbocycles. The molecule has 1 unspecified atom stereocenters. The highest BCUT2D eigenvalue weighted by Crippen LogP contribution is 2.09. The number of hydrogen-bond acceptors (Lipinski definition) is 2. The van der Waals surface area contributed by atoms with Crippen LogP contribution in [0.15, 0.2) is 18.3 Å². The van der Waals surface area contributed by atoms with Crippen molar-refractivity contribution < 1.29 is 9.90 Å². The van der Waals surface area contributed by atoms with Crippen LogP contribution in [-0.4, -0.2) is 19.9 Å². The van der Waals surface area contributed by atoms with E-state index in [1.54, 1.807) is 0 Å². The minimum absolute atomic E-state index is 0.475. The first-order chi connectivity index (χ1) is 6.11. The predicted molar refractivity (Wildman–Crippen MR) is 57.8 cm³/mol. The van der Waals surface area contributed by atoms with Gasteiger partial charge in [0.05, 0.1) is 22.9 Å². The third-order valence-electron chi connectivity index (χ3n) is 1.81. The van der Waals surface area contributed by atoms with E-state index in [1.165, 1.54) is 0 Å². The van der Waals surface area contributed by atoms with Crippen LogP contribution >= 0.6 is 22.9 Å². The van der Waals surface area contributed by atoms with Gasteiger partial charge in [-0.3, -0.25) is 7.58 Å². The van der Waals surface area contributed by atoms with Crippen LogP contribution in [0.3, 0.4) is 0 Å². The van der Waals surface area contributed by atoms with Gasteiger partial charge in [-0.25, -0.2) is 0 Å². The smallest absolute Gasteiger partial charge is 0.320 e. The zero-order valence-electron chi connectivity index (χ0n) is 6.98. The molecule has 0 aliphatic heterocycles. The molecule has 4 nitrogen and oxygen atoms in total. The highest BCUT2D eigenvalue weighted by Gasteiger charge is 2.11. The lowest BCUT2D eigenvalue weighted by molar-refractivity contribution is -0.138. The molecule has 13 heavy (non-hydrogen) atoms. The van der Waals surface area contributed by atoms with Crippen LogP contribution in [0, 0.1) is 0 Å². The number of nitrogens with zero attached hydrogens (tertiary/aromatic N) is 1. The molecule has 1 atom stereocenters. The number of rotatable bonds is 4. The van der Waals surface area contributed by atoms with Crippen LogP contribution in [0.5, 0.6) is 0 Å².